The van der Waals surface area contributed by atoms with Gasteiger partial charge in [0.15, 0.2) is 5.78 Å². The number of fused-ring (bicyclic) bond motifs is 7. The number of carbonyl (C=O) groups is 5. The zero-order valence-electron chi connectivity index (χ0n) is 33.5. The van der Waals surface area contributed by atoms with Gasteiger partial charge in [0, 0.05) is 38.0 Å². The van der Waals surface area contributed by atoms with Crippen LogP contribution >= 0.6 is 0 Å². The number of carboxylic acids is 1. The van der Waals surface area contributed by atoms with Crippen LogP contribution in [-0.4, -0.2) is 84.0 Å². The zero-order valence-corrected chi connectivity index (χ0v) is 33.5. The average Bonchev–Trinajstić information content (AvgIpc) is 3.38. The first-order valence-corrected chi connectivity index (χ1v) is 19.9. The van der Waals surface area contributed by atoms with E-state index in [0.717, 1.165) is 56.1 Å². The third-order valence-corrected chi connectivity index (χ3v) is 16.2. The Morgan fingerprint density at radius 2 is 1.48 bits per heavy atom. The van der Waals surface area contributed by atoms with E-state index >= 15 is 0 Å². The van der Waals surface area contributed by atoms with E-state index in [1.807, 2.05) is 4.90 Å². The van der Waals surface area contributed by atoms with Gasteiger partial charge in [0.1, 0.15) is 6.10 Å². The highest BCUT2D eigenvalue weighted by Crippen LogP contribution is 2.77. The number of piperazine rings is 1. The van der Waals surface area contributed by atoms with E-state index in [9.17, 15) is 29.1 Å². The van der Waals surface area contributed by atoms with Gasteiger partial charge >= 0.3 is 18.0 Å². The lowest BCUT2D eigenvalue weighted by atomic mass is 9.33. The molecule has 8 atom stereocenters. The summed E-state index contributed by atoms with van der Waals surface area (Å²) < 4.78 is 11.1. The molecule has 290 valence electrons. The first kappa shape index (κ1) is 38.8. The van der Waals surface area contributed by atoms with Crippen molar-refractivity contribution < 1.29 is 38.6 Å². The van der Waals surface area contributed by atoms with E-state index in [1.165, 1.54) is 7.11 Å². The number of ketones is 1. The van der Waals surface area contributed by atoms with Gasteiger partial charge in [-0.3, -0.25) is 19.2 Å². The molecule has 5 aliphatic carbocycles. The van der Waals surface area contributed by atoms with Gasteiger partial charge in [-0.05, 0) is 116 Å². The van der Waals surface area contributed by atoms with Crippen LogP contribution in [0, 0.1) is 56.2 Å². The van der Waals surface area contributed by atoms with Crippen molar-refractivity contribution >= 4 is 29.7 Å². The Hall–Kier alpha value is -2.91. The number of carboxylic acid groups (broad SMARTS) is 1. The van der Waals surface area contributed by atoms with Crippen LogP contribution in [0.5, 0.6) is 0 Å². The van der Waals surface area contributed by atoms with Gasteiger partial charge < -0.3 is 24.4 Å². The maximum atomic E-state index is 14.8. The van der Waals surface area contributed by atoms with Gasteiger partial charge in [-0.25, -0.2) is 4.79 Å². The lowest BCUT2D eigenvalue weighted by Gasteiger charge is -2.72. The normalized spacial score (nSPS) is 38.6. The molecule has 0 bridgehead atoms. The van der Waals surface area contributed by atoms with Crippen LogP contribution in [0.3, 0.4) is 0 Å². The van der Waals surface area contributed by atoms with Crippen LogP contribution in [0.25, 0.3) is 0 Å². The van der Waals surface area contributed by atoms with Crippen LogP contribution in [-0.2, 0) is 28.7 Å². The van der Waals surface area contributed by atoms with Crippen molar-refractivity contribution in [3.8, 4) is 0 Å². The fourth-order valence-corrected chi connectivity index (χ4v) is 13.2. The van der Waals surface area contributed by atoms with Crippen LogP contribution in [0.2, 0.25) is 0 Å². The maximum absolute atomic E-state index is 14.8. The highest BCUT2D eigenvalue weighted by atomic mass is 16.5. The molecule has 52 heavy (non-hydrogen) atoms. The Morgan fingerprint density at radius 1 is 0.846 bits per heavy atom. The second-order valence-corrected chi connectivity index (χ2v) is 19.7. The number of esters is 1. The molecule has 6 rings (SSSR count). The van der Waals surface area contributed by atoms with Gasteiger partial charge in [-0.15, -0.1) is 0 Å². The van der Waals surface area contributed by atoms with Crippen molar-refractivity contribution in [1.29, 1.82) is 0 Å². The molecule has 0 spiro atoms. The number of aliphatic carboxylic acids is 1. The molecule has 0 aromatic heterocycles. The van der Waals surface area contributed by atoms with Crippen molar-refractivity contribution in [2.24, 2.45) is 56.2 Å². The van der Waals surface area contributed by atoms with E-state index in [-0.39, 0.29) is 70.2 Å². The molecular weight excluding hydrogens is 660 g/mol. The molecule has 0 aromatic carbocycles. The Kier molecular flexibility index (Phi) is 9.59. The Morgan fingerprint density at radius 3 is 2.08 bits per heavy atom. The van der Waals surface area contributed by atoms with Crippen molar-refractivity contribution in [1.82, 2.24) is 9.80 Å². The molecule has 1 heterocycles. The van der Waals surface area contributed by atoms with Gasteiger partial charge in [-0.2, -0.15) is 0 Å². The number of hydrogen-bond donors (Lipinski definition) is 1. The number of nitrogens with zero attached hydrogens (tertiary/aromatic N) is 2. The lowest BCUT2D eigenvalue weighted by molar-refractivity contribution is -0.233. The number of ether oxygens (including phenoxy) is 2. The minimum Gasteiger partial charge on any atom is -0.481 e. The van der Waals surface area contributed by atoms with Crippen molar-refractivity contribution in [2.75, 3.05) is 33.3 Å². The first-order chi connectivity index (χ1) is 24.1. The van der Waals surface area contributed by atoms with Gasteiger partial charge in [0.2, 0.25) is 5.91 Å². The van der Waals surface area contributed by atoms with Gasteiger partial charge in [0.05, 0.1) is 24.4 Å². The monoisotopic (exact) mass is 724 g/mol. The number of Topliss-reactive ketones (excluding diaryl/α,β-unsaturated/α-hetero) is 1. The molecule has 0 aromatic rings. The minimum absolute atomic E-state index is 0.00561. The summed E-state index contributed by atoms with van der Waals surface area (Å²) in [6.45, 7) is 21.1. The number of amides is 2. The van der Waals surface area contributed by atoms with E-state index in [0.29, 0.717) is 44.4 Å². The summed E-state index contributed by atoms with van der Waals surface area (Å²) in [5, 5.41) is 9.60. The number of carbonyl (C=O) groups excluding carboxylic acids is 4. The standard InChI is InChI=1S/C42H64N2O8/c1-25(2)32-27(45)23-42(34(47)43-19-21-44(22-20-43)36(50)51-10)18-17-40(8)26(33(32)42)11-12-29-39(7)15-14-30(52-31(46)24-37(3,4)35(48)49)38(5,6)28(39)13-16-41(29,40)9/h25-26,28-30H,11-24H2,1-10H3,(H,48,49)/t26-,28+,29-,30+,39+,40-,41-,42-/m1/s1. The highest BCUT2D eigenvalue weighted by molar-refractivity contribution is 6.07. The molecule has 0 unspecified atom stereocenters. The number of hydrogen-bond acceptors (Lipinski definition) is 7. The van der Waals surface area contributed by atoms with Crippen molar-refractivity contribution in [2.45, 2.75) is 133 Å². The Bertz CT molecular complexity index is 1560. The summed E-state index contributed by atoms with van der Waals surface area (Å²) in [5.74, 6) is -0.267. The van der Waals surface area contributed by atoms with Gasteiger partial charge in [-0.1, -0.05) is 48.5 Å². The SMILES string of the molecule is COC(=O)N1CCN(C(=O)[C@@]23CC[C@]4(C)[C@H](CC[C@@H]5[C@@]6(C)CC[C@H](OC(=O)CC(C)(C)C(=O)O)C(C)(C)[C@@H]6CC[C@]54C)C2=C(C(C)C)C(=O)C3)CC1. The molecule has 10 heteroatoms. The van der Waals surface area contributed by atoms with Crippen LogP contribution in [0.15, 0.2) is 11.1 Å². The Balaban J connectivity index is 1.28. The predicted octanol–water partition coefficient (Wildman–Crippen LogP) is 7.29. The molecule has 1 aliphatic heterocycles. The summed E-state index contributed by atoms with van der Waals surface area (Å²) in [7, 11) is 1.38. The molecular formula is C42H64N2O8. The molecule has 1 N–H and O–H groups in total. The van der Waals surface area contributed by atoms with Crippen molar-refractivity contribution in [3.05, 3.63) is 11.1 Å². The number of allylic oxidation sites excluding steroid dienone is 1. The fraction of sp³-hybridized carbons (Fsp3) is 0.833. The maximum Gasteiger partial charge on any atom is 0.409 e. The molecule has 4 saturated carbocycles. The largest absolute Gasteiger partial charge is 0.481 e. The molecule has 0 radical (unpaired) electrons. The topological polar surface area (TPSA) is 131 Å². The summed E-state index contributed by atoms with van der Waals surface area (Å²) in [4.78, 5) is 69.5. The summed E-state index contributed by atoms with van der Waals surface area (Å²) >= 11 is 0. The minimum atomic E-state index is -1.18. The second kappa shape index (κ2) is 12.9. The van der Waals surface area contributed by atoms with Crippen LogP contribution < -0.4 is 0 Å². The predicted molar refractivity (Wildman–Crippen MR) is 196 cm³/mol. The summed E-state index contributed by atoms with van der Waals surface area (Å²) in [6, 6.07) is 0. The third kappa shape index (κ3) is 5.56. The zero-order chi connectivity index (χ0) is 38.4. The molecule has 10 nitrogen and oxygen atoms in total. The second-order valence-electron chi connectivity index (χ2n) is 19.7. The highest BCUT2D eigenvalue weighted by Gasteiger charge is 2.71. The average molecular weight is 725 g/mol. The molecule has 1 saturated heterocycles. The lowest BCUT2D eigenvalue weighted by Crippen LogP contribution is -2.66. The first-order valence-electron chi connectivity index (χ1n) is 19.9. The van der Waals surface area contributed by atoms with E-state index in [1.54, 1.807) is 18.7 Å². The van der Waals surface area contributed by atoms with Crippen LogP contribution in [0.1, 0.15) is 127 Å². The summed E-state index contributed by atoms with van der Waals surface area (Å²) in [5.41, 5.74) is -0.284. The van der Waals surface area contributed by atoms with E-state index < -0.39 is 22.8 Å². The Labute approximate surface area is 310 Å². The third-order valence-electron chi connectivity index (χ3n) is 16.2. The molecule has 5 fully saturated rings. The number of methoxy groups -OCH3 is 1. The number of rotatable bonds is 6. The fourth-order valence-electron chi connectivity index (χ4n) is 13.2. The van der Waals surface area contributed by atoms with Crippen LogP contribution in [0.4, 0.5) is 4.79 Å². The molecule has 2 amide bonds. The quantitative estimate of drug-likeness (QED) is 0.283. The summed E-state index contributed by atoms with van der Waals surface area (Å²) in [6.07, 6.45) is 6.77. The van der Waals surface area contributed by atoms with E-state index in [4.69, 9.17) is 9.47 Å². The van der Waals surface area contributed by atoms with E-state index in [2.05, 4.69) is 48.5 Å². The van der Waals surface area contributed by atoms with Gasteiger partial charge in [0.25, 0.3) is 0 Å². The molecule has 6 aliphatic rings. The smallest absolute Gasteiger partial charge is 0.409 e. The van der Waals surface area contributed by atoms with Crippen molar-refractivity contribution in [3.63, 3.8) is 0 Å².